The van der Waals surface area contributed by atoms with Crippen LogP contribution in [0.1, 0.15) is 40.0 Å². The van der Waals surface area contributed by atoms with Crippen molar-refractivity contribution in [3.8, 4) is 0 Å². The Morgan fingerprint density at radius 3 is 2.39 bits per heavy atom. The molecule has 0 radical (unpaired) electrons. The molecular formula is C26H29N5O3S2. The number of thioether (sulfide) groups is 2. The molecule has 2 fully saturated rings. The van der Waals surface area contributed by atoms with E-state index in [4.69, 9.17) is 0 Å². The first-order valence-electron chi connectivity index (χ1n) is 12.0. The highest BCUT2D eigenvalue weighted by molar-refractivity contribution is 7.98. The standard InChI is InChI=1S/C26H29N5O3S2/c1-29-23(33)18-7-6-17(15-20(18)28-25(29)36-3)22(32)31-14-10-26(16-31)8-12-30(13-9-26)24(34)19-5-4-11-27-21(19)35-2/h4-7,11,15H,8-10,12-14,16H2,1-3H3. The summed E-state index contributed by atoms with van der Waals surface area (Å²) in [4.78, 5) is 51.9. The van der Waals surface area contributed by atoms with E-state index in [-0.39, 0.29) is 22.8 Å². The van der Waals surface area contributed by atoms with Gasteiger partial charge in [-0.2, -0.15) is 0 Å². The summed E-state index contributed by atoms with van der Waals surface area (Å²) in [5.41, 5.74) is 1.70. The molecule has 0 bridgehead atoms. The van der Waals surface area contributed by atoms with Crippen molar-refractivity contribution in [1.29, 1.82) is 0 Å². The number of nitrogens with zero attached hydrogens (tertiary/aromatic N) is 5. The first-order valence-corrected chi connectivity index (χ1v) is 14.4. The molecule has 10 heteroatoms. The van der Waals surface area contributed by atoms with E-state index in [1.54, 1.807) is 37.5 Å². The highest BCUT2D eigenvalue weighted by Gasteiger charge is 2.43. The van der Waals surface area contributed by atoms with E-state index in [0.717, 1.165) is 24.3 Å². The predicted octanol–water partition coefficient (Wildman–Crippen LogP) is 3.54. The van der Waals surface area contributed by atoms with Gasteiger partial charge in [-0.1, -0.05) is 11.8 Å². The Hall–Kier alpha value is -2.85. The maximum Gasteiger partial charge on any atom is 0.261 e. The van der Waals surface area contributed by atoms with Crippen LogP contribution in [-0.4, -0.2) is 74.8 Å². The zero-order valence-electron chi connectivity index (χ0n) is 20.7. The van der Waals surface area contributed by atoms with Crippen LogP contribution < -0.4 is 5.56 Å². The summed E-state index contributed by atoms with van der Waals surface area (Å²) >= 11 is 2.89. The second-order valence-corrected chi connectivity index (χ2v) is 11.1. The number of benzene rings is 1. The molecule has 3 aromatic rings. The number of amides is 2. The van der Waals surface area contributed by atoms with Gasteiger partial charge >= 0.3 is 0 Å². The summed E-state index contributed by atoms with van der Waals surface area (Å²) in [6, 6.07) is 8.83. The van der Waals surface area contributed by atoms with Crippen molar-refractivity contribution >= 4 is 46.2 Å². The fourth-order valence-corrected chi connectivity index (χ4v) is 6.42. The van der Waals surface area contributed by atoms with Gasteiger partial charge in [0.15, 0.2) is 5.16 Å². The van der Waals surface area contributed by atoms with Crippen LogP contribution in [0.15, 0.2) is 51.5 Å². The van der Waals surface area contributed by atoms with Gasteiger partial charge in [0.05, 0.1) is 16.5 Å². The Morgan fingerprint density at radius 1 is 0.972 bits per heavy atom. The summed E-state index contributed by atoms with van der Waals surface area (Å²) in [5.74, 6) is 0.00748. The van der Waals surface area contributed by atoms with Crippen molar-refractivity contribution in [2.45, 2.75) is 29.4 Å². The van der Waals surface area contributed by atoms with Gasteiger partial charge in [-0.15, -0.1) is 11.8 Å². The van der Waals surface area contributed by atoms with Crippen molar-refractivity contribution in [2.24, 2.45) is 12.5 Å². The van der Waals surface area contributed by atoms with Gasteiger partial charge in [0.25, 0.3) is 17.4 Å². The third-order valence-electron chi connectivity index (χ3n) is 7.50. The first kappa shape index (κ1) is 24.8. The normalized spacial score (nSPS) is 17.2. The molecule has 8 nitrogen and oxygen atoms in total. The van der Waals surface area contributed by atoms with Crippen LogP contribution in [0.2, 0.25) is 0 Å². The summed E-state index contributed by atoms with van der Waals surface area (Å²) in [6.07, 6.45) is 8.22. The number of pyridine rings is 1. The van der Waals surface area contributed by atoms with Crippen LogP contribution in [0, 0.1) is 5.41 Å². The molecule has 2 aliphatic rings. The molecule has 0 N–H and O–H groups in total. The van der Waals surface area contributed by atoms with E-state index < -0.39 is 0 Å². The second kappa shape index (κ2) is 9.89. The fraction of sp³-hybridized carbons (Fsp3) is 0.423. The Bertz CT molecular complexity index is 1400. The van der Waals surface area contributed by atoms with Crippen molar-refractivity contribution in [3.63, 3.8) is 0 Å². The Labute approximate surface area is 218 Å². The second-order valence-electron chi connectivity index (χ2n) is 9.52. The number of rotatable bonds is 4. The third kappa shape index (κ3) is 4.41. The molecule has 1 aromatic carbocycles. The molecule has 5 rings (SSSR count). The first-order chi connectivity index (χ1) is 17.4. The number of hydrogen-bond donors (Lipinski definition) is 0. The van der Waals surface area contributed by atoms with Gasteiger partial charge < -0.3 is 9.80 Å². The minimum absolute atomic E-state index is 0.0274. The van der Waals surface area contributed by atoms with E-state index in [9.17, 15) is 14.4 Å². The zero-order chi connectivity index (χ0) is 25.4. The number of piperidine rings is 1. The third-order valence-corrected chi connectivity index (χ3v) is 8.94. The lowest BCUT2D eigenvalue weighted by Crippen LogP contribution is -2.44. The van der Waals surface area contributed by atoms with E-state index in [1.807, 2.05) is 28.4 Å². The quantitative estimate of drug-likeness (QED) is 0.382. The summed E-state index contributed by atoms with van der Waals surface area (Å²) in [5, 5.41) is 1.89. The molecular weight excluding hydrogens is 494 g/mol. The number of carbonyl (C=O) groups excluding carboxylic acids is 2. The van der Waals surface area contributed by atoms with Crippen LogP contribution in [0.25, 0.3) is 10.9 Å². The molecule has 1 spiro atoms. The van der Waals surface area contributed by atoms with E-state index in [1.165, 1.54) is 28.1 Å². The van der Waals surface area contributed by atoms with Crippen LogP contribution in [0.3, 0.4) is 0 Å². The number of carbonyl (C=O) groups is 2. The predicted molar refractivity (Wildman–Crippen MR) is 143 cm³/mol. The molecule has 2 amide bonds. The lowest BCUT2D eigenvalue weighted by Gasteiger charge is -2.39. The van der Waals surface area contributed by atoms with Crippen LogP contribution in [-0.2, 0) is 7.05 Å². The smallest absolute Gasteiger partial charge is 0.261 e. The minimum atomic E-state index is -0.110. The number of hydrogen-bond acceptors (Lipinski definition) is 7. The lowest BCUT2D eigenvalue weighted by molar-refractivity contribution is 0.0562. The van der Waals surface area contributed by atoms with Crippen molar-refractivity contribution in [3.05, 3.63) is 58.0 Å². The molecule has 2 aliphatic heterocycles. The summed E-state index contributed by atoms with van der Waals surface area (Å²) in [6.45, 7) is 2.76. The van der Waals surface area contributed by atoms with Gasteiger partial charge in [0, 0.05) is 45.0 Å². The van der Waals surface area contributed by atoms with E-state index in [2.05, 4.69) is 9.97 Å². The highest BCUT2D eigenvalue weighted by Crippen LogP contribution is 2.41. The highest BCUT2D eigenvalue weighted by atomic mass is 32.2. The summed E-state index contributed by atoms with van der Waals surface area (Å²) in [7, 11) is 1.71. The molecule has 36 heavy (non-hydrogen) atoms. The maximum atomic E-state index is 13.4. The summed E-state index contributed by atoms with van der Waals surface area (Å²) < 4.78 is 1.53. The van der Waals surface area contributed by atoms with Gasteiger partial charge in [0.2, 0.25) is 0 Å². The van der Waals surface area contributed by atoms with Crippen LogP contribution in [0.4, 0.5) is 0 Å². The molecule has 0 unspecified atom stereocenters. The SMILES string of the molecule is CSc1ncccc1C(=O)N1CCC2(CCN(C(=O)c3ccc4c(=O)n(C)c(SC)nc4c3)C2)CC1. The van der Waals surface area contributed by atoms with Gasteiger partial charge in [-0.05, 0) is 67.5 Å². The fourth-order valence-electron chi connectivity index (χ4n) is 5.34. The van der Waals surface area contributed by atoms with Crippen LogP contribution in [0.5, 0.6) is 0 Å². The number of likely N-dealkylation sites (tertiary alicyclic amines) is 2. The monoisotopic (exact) mass is 523 g/mol. The Balaban J connectivity index is 1.28. The minimum Gasteiger partial charge on any atom is -0.339 e. The Kier molecular flexibility index (Phi) is 6.82. The van der Waals surface area contributed by atoms with E-state index in [0.29, 0.717) is 53.4 Å². The average molecular weight is 524 g/mol. The molecule has 2 aromatic heterocycles. The van der Waals surface area contributed by atoms with Crippen molar-refractivity contribution in [2.75, 3.05) is 38.7 Å². The molecule has 0 aliphatic carbocycles. The largest absolute Gasteiger partial charge is 0.339 e. The Morgan fingerprint density at radius 2 is 1.69 bits per heavy atom. The number of aromatic nitrogens is 3. The van der Waals surface area contributed by atoms with Crippen molar-refractivity contribution < 1.29 is 9.59 Å². The molecule has 188 valence electrons. The van der Waals surface area contributed by atoms with Crippen LogP contribution >= 0.6 is 23.5 Å². The number of fused-ring (bicyclic) bond motifs is 1. The van der Waals surface area contributed by atoms with Gasteiger partial charge in [-0.3, -0.25) is 19.0 Å². The van der Waals surface area contributed by atoms with Gasteiger partial charge in [-0.25, -0.2) is 9.97 Å². The zero-order valence-corrected chi connectivity index (χ0v) is 22.3. The maximum absolute atomic E-state index is 13.4. The molecule has 0 saturated carbocycles. The van der Waals surface area contributed by atoms with Gasteiger partial charge in [0.1, 0.15) is 5.03 Å². The molecule has 2 saturated heterocycles. The molecule has 4 heterocycles. The van der Waals surface area contributed by atoms with E-state index >= 15 is 0 Å². The van der Waals surface area contributed by atoms with Crippen molar-refractivity contribution in [1.82, 2.24) is 24.3 Å². The lowest BCUT2D eigenvalue weighted by atomic mass is 9.77. The topological polar surface area (TPSA) is 88.4 Å². The molecule has 0 atom stereocenters. The average Bonchev–Trinajstić information content (AvgIpc) is 3.33.